The van der Waals surface area contributed by atoms with Crippen molar-refractivity contribution in [3.8, 4) is 0 Å². The van der Waals surface area contributed by atoms with Crippen LogP contribution in [0.2, 0.25) is 0 Å². The van der Waals surface area contributed by atoms with Crippen LogP contribution in [0.5, 0.6) is 0 Å². The smallest absolute Gasteiger partial charge is 0.247 e. The van der Waals surface area contributed by atoms with Crippen molar-refractivity contribution in [2.75, 3.05) is 19.6 Å². The molecule has 1 heterocycles. The minimum absolute atomic E-state index is 0.00158. The first-order valence-electron chi connectivity index (χ1n) is 8.41. The zero-order chi connectivity index (χ0) is 15.4. The number of nitrogens with one attached hydrogen (secondary N) is 1. The van der Waals surface area contributed by atoms with Crippen LogP contribution in [-0.2, 0) is 9.59 Å². The number of likely N-dealkylation sites (N-methyl/N-ethyl adjacent to an activating group) is 1. The second kappa shape index (κ2) is 7.36. The van der Waals surface area contributed by atoms with E-state index in [0.29, 0.717) is 6.42 Å². The monoisotopic (exact) mass is 295 g/mol. The number of carbonyl (C=O) groups is 2. The third-order valence-electron chi connectivity index (χ3n) is 4.78. The predicted octanol–water partition coefficient (Wildman–Crippen LogP) is 1.38. The first kappa shape index (κ1) is 16.4. The molecule has 5 heteroatoms. The van der Waals surface area contributed by atoms with Crippen LogP contribution in [-0.4, -0.2) is 59.4 Å². The van der Waals surface area contributed by atoms with Crippen molar-refractivity contribution in [1.29, 1.82) is 0 Å². The molecule has 0 spiro atoms. The third-order valence-corrected chi connectivity index (χ3v) is 4.78. The van der Waals surface area contributed by atoms with Gasteiger partial charge in [-0.1, -0.05) is 26.7 Å². The molecule has 120 valence electrons. The van der Waals surface area contributed by atoms with Gasteiger partial charge in [-0.05, 0) is 32.9 Å². The van der Waals surface area contributed by atoms with Crippen LogP contribution in [0.15, 0.2) is 0 Å². The lowest BCUT2D eigenvalue weighted by atomic mass is 10.2. The number of hydrogen-bond donors (Lipinski definition) is 1. The molecule has 2 fully saturated rings. The summed E-state index contributed by atoms with van der Waals surface area (Å²) in [5.74, 6) is 0.0118. The fraction of sp³-hybridized carbons (Fsp3) is 0.875. The Balaban J connectivity index is 1.89. The highest BCUT2D eigenvalue weighted by molar-refractivity contribution is 6.05. The first-order chi connectivity index (χ1) is 10.1. The van der Waals surface area contributed by atoms with Crippen LogP contribution < -0.4 is 5.32 Å². The minimum Gasteiger partial charge on any atom is -0.302 e. The number of hydrogen-bond acceptors (Lipinski definition) is 4. The Morgan fingerprint density at radius 3 is 2.43 bits per heavy atom. The Kier molecular flexibility index (Phi) is 5.76. The maximum atomic E-state index is 12.5. The Morgan fingerprint density at radius 2 is 1.86 bits per heavy atom. The van der Waals surface area contributed by atoms with Gasteiger partial charge in [-0.15, -0.1) is 0 Å². The average Bonchev–Trinajstić information content (AvgIpc) is 3.05. The molecule has 0 aromatic heterocycles. The minimum atomic E-state index is -0.316. The van der Waals surface area contributed by atoms with Crippen LogP contribution in [0.25, 0.3) is 0 Å². The molecule has 1 saturated carbocycles. The topological polar surface area (TPSA) is 52.7 Å². The molecule has 1 aliphatic heterocycles. The normalized spacial score (nSPS) is 25.3. The van der Waals surface area contributed by atoms with Crippen molar-refractivity contribution in [2.45, 2.75) is 71.0 Å². The number of amides is 2. The number of likely N-dealkylation sites (tertiary alicyclic amines) is 1. The van der Waals surface area contributed by atoms with Crippen molar-refractivity contribution >= 4 is 11.8 Å². The Labute approximate surface area is 128 Å². The fourth-order valence-electron chi connectivity index (χ4n) is 3.59. The Bertz CT molecular complexity index is 376. The lowest BCUT2D eigenvalue weighted by molar-refractivity contribution is -0.141. The van der Waals surface area contributed by atoms with Crippen molar-refractivity contribution < 1.29 is 9.59 Å². The largest absolute Gasteiger partial charge is 0.302 e. The van der Waals surface area contributed by atoms with Gasteiger partial charge < -0.3 is 10.2 Å². The highest BCUT2D eigenvalue weighted by Gasteiger charge is 2.43. The van der Waals surface area contributed by atoms with Gasteiger partial charge >= 0.3 is 0 Å². The summed E-state index contributed by atoms with van der Waals surface area (Å²) < 4.78 is 0. The van der Waals surface area contributed by atoms with E-state index in [1.165, 1.54) is 0 Å². The van der Waals surface area contributed by atoms with E-state index in [2.05, 4.69) is 31.0 Å². The lowest BCUT2D eigenvalue weighted by Gasteiger charge is -2.26. The molecule has 2 atom stereocenters. The van der Waals surface area contributed by atoms with Gasteiger partial charge in [-0.3, -0.25) is 14.5 Å². The molecule has 2 unspecified atom stereocenters. The van der Waals surface area contributed by atoms with Crippen molar-refractivity contribution in [3.05, 3.63) is 0 Å². The number of nitrogens with zero attached hydrogens (tertiary/aromatic N) is 2. The summed E-state index contributed by atoms with van der Waals surface area (Å²) in [6, 6.07) is 0.0636. The van der Waals surface area contributed by atoms with Gasteiger partial charge in [0.05, 0.1) is 12.5 Å². The van der Waals surface area contributed by atoms with Crippen LogP contribution >= 0.6 is 0 Å². The highest BCUT2D eigenvalue weighted by Crippen LogP contribution is 2.28. The van der Waals surface area contributed by atoms with Gasteiger partial charge in [0.2, 0.25) is 11.8 Å². The van der Waals surface area contributed by atoms with Gasteiger partial charge in [0.1, 0.15) is 0 Å². The predicted molar refractivity (Wildman–Crippen MR) is 82.9 cm³/mol. The lowest BCUT2D eigenvalue weighted by Crippen LogP contribution is -2.48. The average molecular weight is 295 g/mol. The number of carbonyl (C=O) groups excluding carboxylic acids is 2. The maximum Gasteiger partial charge on any atom is 0.247 e. The molecule has 2 rings (SSSR count). The molecular formula is C16H29N3O2. The molecule has 1 N–H and O–H groups in total. The molecule has 5 nitrogen and oxygen atoms in total. The molecule has 0 aromatic rings. The standard InChI is InChI=1S/C16H29N3O2/c1-4-18(5-2)11-12(3)17-14-10-15(20)19(16(14)21)13-8-6-7-9-13/h12-14,17H,4-11H2,1-3H3. The summed E-state index contributed by atoms with van der Waals surface area (Å²) in [4.78, 5) is 28.5. The van der Waals surface area contributed by atoms with Crippen LogP contribution in [0.3, 0.4) is 0 Å². The van der Waals surface area contributed by atoms with Gasteiger partial charge in [-0.25, -0.2) is 0 Å². The van der Waals surface area contributed by atoms with Crippen molar-refractivity contribution in [1.82, 2.24) is 15.1 Å². The Morgan fingerprint density at radius 1 is 1.24 bits per heavy atom. The summed E-state index contributed by atoms with van der Waals surface area (Å²) in [5.41, 5.74) is 0. The molecule has 2 aliphatic rings. The van der Waals surface area contributed by atoms with E-state index in [9.17, 15) is 9.59 Å². The van der Waals surface area contributed by atoms with Gasteiger partial charge in [0.25, 0.3) is 0 Å². The zero-order valence-corrected chi connectivity index (χ0v) is 13.6. The fourth-order valence-corrected chi connectivity index (χ4v) is 3.59. The molecule has 1 aliphatic carbocycles. The molecule has 21 heavy (non-hydrogen) atoms. The van der Waals surface area contributed by atoms with Gasteiger partial charge in [0, 0.05) is 18.6 Å². The zero-order valence-electron chi connectivity index (χ0n) is 13.6. The third kappa shape index (κ3) is 3.83. The van der Waals surface area contributed by atoms with Gasteiger partial charge in [-0.2, -0.15) is 0 Å². The molecule has 0 bridgehead atoms. The SMILES string of the molecule is CCN(CC)CC(C)NC1CC(=O)N(C2CCCC2)C1=O. The second-order valence-electron chi connectivity index (χ2n) is 6.35. The highest BCUT2D eigenvalue weighted by atomic mass is 16.2. The van der Waals surface area contributed by atoms with Crippen LogP contribution in [0, 0.1) is 0 Å². The van der Waals surface area contributed by atoms with Crippen molar-refractivity contribution in [3.63, 3.8) is 0 Å². The second-order valence-corrected chi connectivity index (χ2v) is 6.35. The summed E-state index contributed by atoms with van der Waals surface area (Å²) in [6.45, 7) is 9.30. The van der Waals surface area contributed by atoms with E-state index in [1.54, 1.807) is 4.90 Å². The maximum absolute atomic E-state index is 12.5. The Hall–Kier alpha value is -0.940. The van der Waals surface area contributed by atoms with Crippen LogP contribution in [0.4, 0.5) is 0 Å². The summed E-state index contributed by atoms with van der Waals surface area (Å²) in [7, 11) is 0. The van der Waals surface area contributed by atoms with E-state index in [1.807, 2.05) is 0 Å². The summed E-state index contributed by atoms with van der Waals surface area (Å²) in [5, 5.41) is 3.36. The molecular weight excluding hydrogens is 266 g/mol. The molecule has 2 amide bonds. The van der Waals surface area contributed by atoms with E-state index in [0.717, 1.165) is 45.3 Å². The first-order valence-corrected chi connectivity index (χ1v) is 8.41. The van der Waals surface area contributed by atoms with Crippen molar-refractivity contribution in [2.24, 2.45) is 0 Å². The van der Waals surface area contributed by atoms with E-state index >= 15 is 0 Å². The van der Waals surface area contributed by atoms with Crippen LogP contribution in [0.1, 0.15) is 52.9 Å². The molecule has 1 saturated heterocycles. The van der Waals surface area contributed by atoms with E-state index in [-0.39, 0.29) is 29.9 Å². The van der Waals surface area contributed by atoms with Gasteiger partial charge in [0.15, 0.2) is 0 Å². The number of imide groups is 1. The quantitative estimate of drug-likeness (QED) is 0.721. The molecule has 0 radical (unpaired) electrons. The van der Waals surface area contributed by atoms with E-state index < -0.39 is 0 Å². The van der Waals surface area contributed by atoms with E-state index in [4.69, 9.17) is 0 Å². The number of rotatable bonds is 7. The summed E-state index contributed by atoms with van der Waals surface area (Å²) >= 11 is 0. The summed E-state index contributed by atoms with van der Waals surface area (Å²) in [6.07, 6.45) is 4.58. The molecule has 0 aromatic carbocycles.